The van der Waals surface area contributed by atoms with Gasteiger partial charge in [-0.05, 0) is 56.4 Å². The second kappa shape index (κ2) is 14.1. The molecule has 3 fully saturated rings. The number of hydrogen-bond donors (Lipinski definition) is 4. The highest BCUT2D eigenvalue weighted by molar-refractivity contribution is 7.91. The largest absolute Gasteiger partial charge is 0.494 e. The average molecular weight is 712 g/mol. The van der Waals surface area contributed by atoms with Crippen LogP contribution in [0.2, 0.25) is 0 Å². The highest BCUT2D eigenvalue weighted by Gasteiger charge is 2.62. The number of sulfonamides is 1. The van der Waals surface area contributed by atoms with Crippen LogP contribution in [-0.4, -0.2) is 89.9 Å². The Morgan fingerprint density at radius 2 is 1.88 bits per heavy atom. The summed E-state index contributed by atoms with van der Waals surface area (Å²) in [5, 5.41) is 15.9. The molecule has 2 aliphatic heterocycles. The van der Waals surface area contributed by atoms with Crippen molar-refractivity contribution in [1.29, 1.82) is 0 Å². The van der Waals surface area contributed by atoms with E-state index in [0.29, 0.717) is 43.2 Å². The van der Waals surface area contributed by atoms with Gasteiger partial charge in [-0.1, -0.05) is 50.6 Å². The van der Waals surface area contributed by atoms with Gasteiger partial charge in [0.1, 0.15) is 29.5 Å². The Hall–Kier alpha value is -4.40. The Kier molecular flexibility index (Phi) is 9.98. The van der Waals surface area contributed by atoms with Crippen LogP contribution in [0, 0.1) is 17.8 Å². The maximum atomic E-state index is 14.5. The highest BCUT2D eigenvalue weighted by Crippen LogP contribution is 2.46. The molecule has 6 rings (SSSR count). The third-order valence-electron chi connectivity index (χ3n) is 10.5. The number of rotatable bonds is 8. The van der Waals surface area contributed by atoms with Crippen LogP contribution < -0.4 is 24.8 Å². The van der Waals surface area contributed by atoms with Crippen molar-refractivity contribution in [3.05, 3.63) is 42.6 Å². The van der Waals surface area contributed by atoms with E-state index in [1.54, 1.807) is 0 Å². The van der Waals surface area contributed by atoms with Gasteiger partial charge in [-0.15, -0.1) is 0 Å². The number of nitrogens with zero attached hydrogens (tertiary/aromatic N) is 2. The Balaban J connectivity index is 1.35. The first-order valence-electron chi connectivity index (χ1n) is 17.3. The van der Waals surface area contributed by atoms with Crippen molar-refractivity contribution in [3.8, 4) is 11.6 Å². The van der Waals surface area contributed by atoms with E-state index in [0.717, 1.165) is 11.8 Å². The quantitative estimate of drug-likeness (QED) is 0.296. The van der Waals surface area contributed by atoms with Gasteiger partial charge in [-0.3, -0.25) is 19.1 Å². The van der Waals surface area contributed by atoms with Gasteiger partial charge in [-0.25, -0.2) is 18.2 Å². The molecule has 15 heteroatoms. The normalized spacial score (nSPS) is 30.3. The number of carbonyl (C=O) groups excluding carboxylic acids is 3. The SMILES string of the molecule is CC[C@@H]1C[C@@H](C)CCC=C[C@@H]2C[C@@]2(C(=O)NS(=O)(=O)C2CC2)NC(=O)[C@@H]2C[C@@H](Oc3ncc(OC)c4ccccc34)CN2C(=O)[C@H]1NC(=O)O. The fraction of sp³-hybridized carbons (Fsp3) is 0.571. The lowest BCUT2D eigenvalue weighted by Gasteiger charge is -2.33. The Labute approximate surface area is 291 Å². The van der Waals surface area contributed by atoms with Gasteiger partial charge >= 0.3 is 6.09 Å². The fourth-order valence-electron chi connectivity index (χ4n) is 7.40. The van der Waals surface area contributed by atoms with E-state index in [9.17, 15) is 32.7 Å². The number of carboxylic acid groups (broad SMARTS) is 1. The molecule has 7 atom stereocenters. The van der Waals surface area contributed by atoms with Gasteiger partial charge in [0, 0.05) is 23.1 Å². The molecule has 1 aromatic heterocycles. The molecule has 0 bridgehead atoms. The third-order valence-corrected chi connectivity index (χ3v) is 12.3. The zero-order valence-electron chi connectivity index (χ0n) is 28.5. The number of ether oxygens (including phenoxy) is 2. The molecule has 2 aromatic rings. The summed E-state index contributed by atoms with van der Waals surface area (Å²) in [6, 6.07) is 5.08. The minimum atomic E-state index is -3.90. The minimum Gasteiger partial charge on any atom is -0.494 e. The van der Waals surface area contributed by atoms with E-state index in [1.807, 2.05) is 50.3 Å². The second-order valence-corrected chi connectivity index (χ2v) is 16.0. The number of allylic oxidation sites excluding steroid dienone is 1. The maximum absolute atomic E-state index is 14.5. The molecule has 0 unspecified atom stereocenters. The summed E-state index contributed by atoms with van der Waals surface area (Å²) in [7, 11) is -2.36. The van der Waals surface area contributed by atoms with Crippen molar-refractivity contribution < 1.29 is 42.2 Å². The number of hydrogen-bond acceptors (Lipinski definition) is 9. The lowest BCUT2D eigenvalue weighted by molar-refractivity contribution is -0.142. The van der Waals surface area contributed by atoms with Crippen molar-refractivity contribution in [2.45, 2.75) is 94.2 Å². The lowest BCUT2D eigenvalue weighted by Crippen LogP contribution is -2.59. The smallest absolute Gasteiger partial charge is 0.405 e. The molecule has 1 saturated heterocycles. The van der Waals surface area contributed by atoms with E-state index in [-0.39, 0.29) is 37.1 Å². The number of nitrogens with one attached hydrogen (secondary N) is 3. The number of carbonyl (C=O) groups is 4. The molecular formula is C35H45N5O9S. The molecule has 4 N–H and O–H groups in total. The van der Waals surface area contributed by atoms with E-state index in [1.165, 1.54) is 18.2 Å². The van der Waals surface area contributed by atoms with Crippen LogP contribution in [-0.2, 0) is 24.4 Å². The predicted octanol–water partition coefficient (Wildman–Crippen LogP) is 3.11. The van der Waals surface area contributed by atoms with Crippen molar-refractivity contribution in [3.63, 3.8) is 0 Å². The summed E-state index contributed by atoms with van der Waals surface area (Å²) >= 11 is 0. The average Bonchev–Trinajstić information content (AvgIpc) is 4.01. The van der Waals surface area contributed by atoms with Crippen LogP contribution in [0.25, 0.3) is 10.8 Å². The van der Waals surface area contributed by atoms with Crippen LogP contribution in [0.4, 0.5) is 4.79 Å². The standard InChI is InChI=1S/C35H45N5O9S/c1-4-21-15-20(2)9-5-6-10-22-17-35(22,33(43)39-50(46,47)24-13-14-24)38-30(41)27-16-23(19-40(27)32(42)29(21)37-34(44)45)49-31-26-12-8-7-11-25(26)28(48-3)18-36-31/h6-8,10-12,18,20-24,27,29,37H,4-5,9,13-17,19H2,1-3H3,(H,38,41)(H,39,43)(H,44,45)/t20-,21+,22+,23+,27-,29-,35+/m0/s1. The van der Waals surface area contributed by atoms with Crippen LogP contribution in [0.5, 0.6) is 11.6 Å². The van der Waals surface area contributed by atoms with E-state index in [4.69, 9.17) is 9.47 Å². The molecule has 2 saturated carbocycles. The van der Waals surface area contributed by atoms with E-state index in [2.05, 4.69) is 20.3 Å². The molecular weight excluding hydrogens is 666 g/mol. The monoisotopic (exact) mass is 711 g/mol. The third kappa shape index (κ3) is 7.23. The molecule has 270 valence electrons. The molecule has 14 nitrogen and oxygen atoms in total. The lowest BCUT2D eigenvalue weighted by atomic mass is 9.85. The summed E-state index contributed by atoms with van der Waals surface area (Å²) < 4.78 is 39.6. The molecule has 50 heavy (non-hydrogen) atoms. The summed E-state index contributed by atoms with van der Waals surface area (Å²) in [4.78, 5) is 60.2. The van der Waals surface area contributed by atoms with Gasteiger partial charge in [0.25, 0.3) is 5.91 Å². The number of pyridine rings is 1. The zero-order valence-corrected chi connectivity index (χ0v) is 29.3. The molecule has 2 aliphatic carbocycles. The number of benzene rings is 1. The minimum absolute atomic E-state index is 0.0190. The maximum Gasteiger partial charge on any atom is 0.405 e. The molecule has 0 spiro atoms. The Morgan fingerprint density at radius 3 is 2.56 bits per heavy atom. The van der Waals surface area contributed by atoms with Gasteiger partial charge in [0.15, 0.2) is 0 Å². The number of fused-ring (bicyclic) bond motifs is 3. The highest BCUT2D eigenvalue weighted by atomic mass is 32.2. The molecule has 4 amide bonds. The Bertz CT molecular complexity index is 1800. The summed E-state index contributed by atoms with van der Waals surface area (Å²) in [5.74, 6) is -1.87. The first-order valence-corrected chi connectivity index (χ1v) is 18.8. The second-order valence-electron chi connectivity index (χ2n) is 14.0. The topological polar surface area (TPSA) is 193 Å². The number of amides is 4. The van der Waals surface area contributed by atoms with Gasteiger partial charge in [0.2, 0.25) is 27.7 Å². The van der Waals surface area contributed by atoms with Crippen molar-refractivity contribution in [2.24, 2.45) is 17.8 Å². The summed E-state index contributed by atoms with van der Waals surface area (Å²) in [6.45, 7) is 3.90. The number of aromatic nitrogens is 1. The first-order chi connectivity index (χ1) is 23.9. The van der Waals surface area contributed by atoms with Crippen molar-refractivity contribution in [2.75, 3.05) is 13.7 Å². The van der Waals surface area contributed by atoms with E-state index < -0.39 is 68.7 Å². The predicted molar refractivity (Wildman–Crippen MR) is 183 cm³/mol. The van der Waals surface area contributed by atoms with Gasteiger partial charge < -0.3 is 30.1 Å². The molecule has 4 aliphatic rings. The molecule has 0 radical (unpaired) electrons. The number of methoxy groups -OCH3 is 1. The first kappa shape index (κ1) is 35.4. The fourth-order valence-corrected chi connectivity index (χ4v) is 8.77. The van der Waals surface area contributed by atoms with Crippen molar-refractivity contribution in [1.82, 2.24) is 25.2 Å². The van der Waals surface area contributed by atoms with E-state index >= 15 is 0 Å². The summed E-state index contributed by atoms with van der Waals surface area (Å²) in [6.07, 6.45) is 6.88. The molecule has 3 heterocycles. The zero-order chi connectivity index (χ0) is 35.8. The van der Waals surface area contributed by atoms with Crippen LogP contribution >= 0.6 is 0 Å². The van der Waals surface area contributed by atoms with Crippen molar-refractivity contribution >= 4 is 44.6 Å². The van der Waals surface area contributed by atoms with Gasteiger partial charge in [-0.2, -0.15) is 0 Å². The Morgan fingerprint density at radius 1 is 1.14 bits per heavy atom. The summed E-state index contributed by atoms with van der Waals surface area (Å²) in [5.41, 5.74) is -1.52. The van der Waals surface area contributed by atoms with Gasteiger partial charge in [0.05, 0.1) is 25.1 Å². The van der Waals surface area contributed by atoms with Crippen LogP contribution in [0.1, 0.15) is 65.2 Å². The molecule has 1 aromatic carbocycles. The van der Waals surface area contributed by atoms with Crippen LogP contribution in [0.3, 0.4) is 0 Å². The van der Waals surface area contributed by atoms with Crippen LogP contribution in [0.15, 0.2) is 42.6 Å².